The average molecular weight is 817 g/mol. The number of para-hydroxylation sites is 2. The van der Waals surface area contributed by atoms with Gasteiger partial charge in [0.05, 0.1) is 0 Å². The van der Waals surface area contributed by atoms with E-state index in [9.17, 15) is 0 Å². The van der Waals surface area contributed by atoms with Gasteiger partial charge >= 0.3 is 0 Å². The molecule has 6 aliphatic carbocycles. The highest BCUT2D eigenvalue weighted by Crippen LogP contribution is 2.54. The first kappa shape index (κ1) is 39.2. The van der Waals surface area contributed by atoms with Crippen LogP contribution in [0.15, 0.2) is 188 Å². The third-order valence-corrected chi connectivity index (χ3v) is 14.4. The molecular formula is C61H56N2. The monoisotopic (exact) mass is 816 g/mol. The van der Waals surface area contributed by atoms with E-state index in [2.05, 4.69) is 212 Å². The molecule has 2 heteroatoms. The molecule has 4 bridgehead atoms. The van der Waals surface area contributed by atoms with Gasteiger partial charge < -0.3 is 9.80 Å². The Kier molecular flexibility index (Phi) is 10.3. The second-order valence-corrected chi connectivity index (χ2v) is 18.6. The summed E-state index contributed by atoms with van der Waals surface area (Å²) < 4.78 is 0. The molecule has 8 aromatic carbocycles. The summed E-state index contributed by atoms with van der Waals surface area (Å²) >= 11 is 0. The molecule has 63 heavy (non-hydrogen) atoms. The molecule has 6 aliphatic rings. The van der Waals surface area contributed by atoms with Crippen molar-refractivity contribution in [1.29, 1.82) is 0 Å². The van der Waals surface area contributed by atoms with Crippen LogP contribution >= 0.6 is 0 Å². The number of benzene rings is 8. The maximum atomic E-state index is 2.53. The lowest BCUT2D eigenvalue weighted by Gasteiger charge is -2.31. The van der Waals surface area contributed by atoms with E-state index in [0.29, 0.717) is 5.92 Å². The summed E-state index contributed by atoms with van der Waals surface area (Å²) in [5.41, 5.74) is 22.2. The van der Waals surface area contributed by atoms with Crippen molar-refractivity contribution in [1.82, 2.24) is 0 Å². The molecule has 0 saturated heterocycles. The summed E-state index contributed by atoms with van der Waals surface area (Å²) in [6.07, 6.45) is 10.5. The average Bonchev–Trinajstić information content (AvgIpc) is 3.57. The van der Waals surface area contributed by atoms with Crippen molar-refractivity contribution in [2.45, 2.75) is 83.0 Å². The molecule has 0 unspecified atom stereocenters. The number of anilines is 6. The van der Waals surface area contributed by atoms with Gasteiger partial charge in [-0.2, -0.15) is 0 Å². The van der Waals surface area contributed by atoms with Crippen LogP contribution in [-0.2, 0) is 31.1 Å². The zero-order valence-corrected chi connectivity index (χ0v) is 36.7. The molecule has 0 amide bonds. The third-order valence-electron chi connectivity index (χ3n) is 14.4. The van der Waals surface area contributed by atoms with E-state index < -0.39 is 0 Å². The topological polar surface area (TPSA) is 6.48 Å². The molecule has 0 aliphatic heterocycles. The summed E-state index contributed by atoms with van der Waals surface area (Å²) in [6, 6.07) is 71.2. The standard InChI is InChI=1S/C61H56N2/c1-61(2)56-25-15-24-54(47-18-9-4-10-19-47)60(56)55-39-38-53(42-57(55)61)63(51-22-13-6-14-23-51)59-41-44-27-31-48-30-26-43(28-32-49(59)33-29-44)40-58(48)62(50-20-11-5-12-21-50)52-36-34-46(35-37-52)45-16-7-3-8-17-45/h4-6,9-15,18-26,29-30,33-42,45H,3,7-8,16-17,27-28,31-32H2,1-2H3. The number of nitrogens with zero attached hydrogens (tertiary/aromatic N) is 2. The van der Waals surface area contributed by atoms with Crippen LogP contribution in [0.5, 0.6) is 0 Å². The predicted octanol–water partition coefficient (Wildman–Crippen LogP) is 16.5. The largest absolute Gasteiger partial charge is 0.310 e. The Labute approximate surface area is 374 Å². The smallest absolute Gasteiger partial charge is 0.0496 e. The molecule has 14 rings (SSSR count). The summed E-state index contributed by atoms with van der Waals surface area (Å²) in [5, 5.41) is 0. The SMILES string of the molecule is CC1(C)c2cc(N(c3ccccc3)c3cc4ccc3CCc3ccc(c(N(c5ccccc5)c5ccc(C6CCCCC6)cc5)c3)CC4)ccc2-c2c(-c3ccccc3)cccc21. The highest BCUT2D eigenvalue weighted by molar-refractivity contribution is 5.94. The molecular weight excluding hydrogens is 761 g/mol. The molecule has 0 radical (unpaired) electrons. The summed E-state index contributed by atoms with van der Waals surface area (Å²) in [5.74, 6) is 0.691. The lowest BCUT2D eigenvalue weighted by molar-refractivity contribution is 0.443. The second kappa shape index (κ2) is 16.6. The minimum Gasteiger partial charge on any atom is -0.310 e. The molecule has 8 aromatic rings. The van der Waals surface area contributed by atoms with Crippen molar-refractivity contribution in [2.24, 2.45) is 0 Å². The van der Waals surface area contributed by atoms with E-state index in [0.717, 1.165) is 25.7 Å². The fourth-order valence-corrected chi connectivity index (χ4v) is 11.0. The maximum Gasteiger partial charge on any atom is 0.0496 e. The van der Waals surface area contributed by atoms with Gasteiger partial charge in [0.25, 0.3) is 0 Å². The maximum absolute atomic E-state index is 2.53. The van der Waals surface area contributed by atoms with Crippen LogP contribution in [0.25, 0.3) is 22.3 Å². The van der Waals surface area contributed by atoms with Crippen molar-refractivity contribution < 1.29 is 0 Å². The molecule has 1 saturated carbocycles. The van der Waals surface area contributed by atoms with Gasteiger partial charge in [-0.15, -0.1) is 0 Å². The molecule has 0 atom stereocenters. The zero-order valence-electron chi connectivity index (χ0n) is 36.7. The molecule has 0 spiro atoms. The van der Waals surface area contributed by atoms with Crippen molar-refractivity contribution >= 4 is 34.1 Å². The second-order valence-electron chi connectivity index (χ2n) is 18.6. The van der Waals surface area contributed by atoms with Crippen molar-refractivity contribution in [3.05, 3.63) is 227 Å². The fourth-order valence-electron chi connectivity index (χ4n) is 11.0. The minimum atomic E-state index is -0.149. The molecule has 2 nitrogen and oxygen atoms in total. The molecule has 0 heterocycles. The number of hydrogen-bond acceptors (Lipinski definition) is 2. The lowest BCUT2D eigenvalue weighted by atomic mass is 9.81. The number of aryl methyl sites for hydroxylation is 4. The first-order valence-corrected chi connectivity index (χ1v) is 23.4. The molecule has 0 N–H and O–H groups in total. The Morgan fingerprint density at radius 2 is 0.952 bits per heavy atom. The first-order valence-electron chi connectivity index (χ1n) is 23.4. The van der Waals surface area contributed by atoms with Crippen LogP contribution in [0.2, 0.25) is 0 Å². The molecule has 310 valence electrons. The highest BCUT2D eigenvalue weighted by Gasteiger charge is 2.37. The van der Waals surface area contributed by atoms with Crippen molar-refractivity contribution in [3.8, 4) is 22.3 Å². The Morgan fingerprint density at radius 3 is 1.56 bits per heavy atom. The van der Waals surface area contributed by atoms with Crippen LogP contribution in [0, 0.1) is 0 Å². The number of rotatable bonds is 8. The highest BCUT2D eigenvalue weighted by atomic mass is 15.2. The van der Waals surface area contributed by atoms with E-state index in [4.69, 9.17) is 0 Å². The van der Waals surface area contributed by atoms with E-state index in [1.54, 1.807) is 0 Å². The first-order chi connectivity index (χ1) is 31.0. The van der Waals surface area contributed by atoms with E-state index in [1.165, 1.54) is 127 Å². The van der Waals surface area contributed by atoms with Gasteiger partial charge in [0.1, 0.15) is 0 Å². The molecule has 0 aromatic heterocycles. The summed E-state index contributed by atoms with van der Waals surface area (Å²) in [6.45, 7) is 4.80. The van der Waals surface area contributed by atoms with Gasteiger partial charge in [0.15, 0.2) is 0 Å². The van der Waals surface area contributed by atoms with Gasteiger partial charge in [0, 0.05) is 39.5 Å². The Balaban J connectivity index is 0.972. The third kappa shape index (κ3) is 7.36. The van der Waals surface area contributed by atoms with Crippen molar-refractivity contribution in [3.63, 3.8) is 0 Å². The van der Waals surface area contributed by atoms with Gasteiger partial charge in [-0.25, -0.2) is 0 Å². The lowest BCUT2D eigenvalue weighted by Crippen LogP contribution is -2.17. The van der Waals surface area contributed by atoms with Gasteiger partial charge in [0.2, 0.25) is 0 Å². The van der Waals surface area contributed by atoms with Gasteiger partial charge in [-0.1, -0.05) is 161 Å². The summed E-state index contributed by atoms with van der Waals surface area (Å²) in [7, 11) is 0. The minimum absolute atomic E-state index is 0.149. The van der Waals surface area contributed by atoms with E-state index >= 15 is 0 Å². The molecule has 1 fully saturated rings. The Hall–Kier alpha value is -6.64. The van der Waals surface area contributed by atoms with E-state index in [-0.39, 0.29) is 5.41 Å². The van der Waals surface area contributed by atoms with Crippen LogP contribution in [-0.4, -0.2) is 0 Å². The quantitative estimate of drug-likeness (QED) is 0.151. The summed E-state index contributed by atoms with van der Waals surface area (Å²) in [4.78, 5) is 5.04. The van der Waals surface area contributed by atoms with Crippen molar-refractivity contribution in [2.75, 3.05) is 9.80 Å². The number of hydrogen-bond donors (Lipinski definition) is 0. The predicted molar refractivity (Wildman–Crippen MR) is 266 cm³/mol. The Morgan fingerprint density at radius 1 is 0.413 bits per heavy atom. The van der Waals surface area contributed by atoms with Crippen LogP contribution < -0.4 is 9.80 Å². The van der Waals surface area contributed by atoms with Crippen LogP contribution in [0.1, 0.15) is 90.8 Å². The normalized spacial score (nSPS) is 15.3. The van der Waals surface area contributed by atoms with Gasteiger partial charge in [-0.05, 0) is 166 Å². The number of fused-ring (bicyclic) bond motifs is 3. The van der Waals surface area contributed by atoms with Crippen LogP contribution in [0.3, 0.4) is 0 Å². The zero-order chi connectivity index (χ0) is 42.3. The van der Waals surface area contributed by atoms with Crippen LogP contribution in [0.4, 0.5) is 34.1 Å². The van der Waals surface area contributed by atoms with E-state index in [1.807, 2.05) is 0 Å². The Bertz CT molecular complexity index is 2890. The fraction of sp³-hybridized carbons (Fsp3) is 0.213. The van der Waals surface area contributed by atoms with Gasteiger partial charge in [-0.3, -0.25) is 0 Å².